The summed E-state index contributed by atoms with van der Waals surface area (Å²) in [5.74, 6) is 0.818. The van der Waals surface area contributed by atoms with Crippen molar-refractivity contribution in [3.8, 4) is 11.5 Å². The van der Waals surface area contributed by atoms with Crippen LogP contribution >= 0.6 is 0 Å². The van der Waals surface area contributed by atoms with Gasteiger partial charge in [-0.25, -0.2) is 0 Å². The number of fused-ring (bicyclic) bond motifs is 1. The predicted octanol–water partition coefficient (Wildman–Crippen LogP) is 4.76. The van der Waals surface area contributed by atoms with E-state index in [0.29, 0.717) is 30.0 Å². The maximum Gasteiger partial charge on any atom is 0.206 e. The van der Waals surface area contributed by atoms with Crippen LogP contribution in [0.15, 0.2) is 88.3 Å². The number of ether oxygens (including phenoxy) is 2. The molecule has 29 heavy (non-hydrogen) atoms. The number of benzene rings is 3. The molecule has 0 bridgehead atoms. The summed E-state index contributed by atoms with van der Waals surface area (Å²) in [4.78, 5) is 23.8. The summed E-state index contributed by atoms with van der Waals surface area (Å²) in [7, 11) is 0. The molecule has 0 atom stereocenters. The van der Waals surface area contributed by atoms with Crippen molar-refractivity contribution in [1.82, 2.24) is 0 Å². The van der Waals surface area contributed by atoms with Gasteiger partial charge in [-0.2, -0.15) is 0 Å². The Bertz CT molecular complexity index is 1180. The van der Waals surface area contributed by atoms with Gasteiger partial charge in [0.25, 0.3) is 0 Å². The third-order valence-electron chi connectivity index (χ3n) is 4.45. The van der Waals surface area contributed by atoms with Crippen LogP contribution in [-0.2, 0) is 13.2 Å². The Balaban J connectivity index is 1.70. The van der Waals surface area contributed by atoms with Gasteiger partial charge < -0.3 is 13.9 Å². The normalized spacial score (nSPS) is 10.6. The molecule has 4 rings (SSSR count). The first-order valence-electron chi connectivity index (χ1n) is 9.13. The van der Waals surface area contributed by atoms with Gasteiger partial charge in [-0.3, -0.25) is 9.59 Å². The molecule has 0 radical (unpaired) electrons. The van der Waals surface area contributed by atoms with Crippen molar-refractivity contribution >= 4 is 17.3 Å². The van der Waals surface area contributed by atoms with E-state index in [2.05, 4.69) is 0 Å². The zero-order valence-corrected chi connectivity index (χ0v) is 15.5. The van der Waals surface area contributed by atoms with E-state index in [1.807, 2.05) is 60.7 Å². The zero-order valence-electron chi connectivity index (χ0n) is 15.5. The zero-order chi connectivity index (χ0) is 20.1. The number of hydrogen-bond donors (Lipinski definition) is 0. The first kappa shape index (κ1) is 18.5. The van der Waals surface area contributed by atoms with Gasteiger partial charge in [-0.15, -0.1) is 0 Å². The number of hydrogen-bond acceptors (Lipinski definition) is 5. The average Bonchev–Trinajstić information content (AvgIpc) is 2.77. The van der Waals surface area contributed by atoms with Gasteiger partial charge >= 0.3 is 0 Å². The Kier molecular flexibility index (Phi) is 5.38. The minimum atomic E-state index is -0.432. The van der Waals surface area contributed by atoms with E-state index < -0.39 is 5.43 Å². The summed E-state index contributed by atoms with van der Waals surface area (Å²) in [6.07, 6.45) is 1.63. The van der Waals surface area contributed by atoms with Gasteiger partial charge in [0, 0.05) is 12.1 Å². The molecule has 3 aromatic carbocycles. The summed E-state index contributed by atoms with van der Waals surface area (Å²) < 4.78 is 17.3. The van der Waals surface area contributed by atoms with E-state index in [9.17, 15) is 9.59 Å². The molecule has 5 nitrogen and oxygen atoms in total. The van der Waals surface area contributed by atoms with Crippen molar-refractivity contribution in [1.29, 1.82) is 0 Å². The van der Waals surface area contributed by atoms with Crippen LogP contribution in [0.5, 0.6) is 11.5 Å². The maximum atomic E-state index is 12.7. The van der Waals surface area contributed by atoms with E-state index in [0.717, 1.165) is 17.4 Å². The molecule has 0 aliphatic heterocycles. The number of rotatable bonds is 7. The van der Waals surface area contributed by atoms with E-state index in [-0.39, 0.29) is 17.6 Å². The quantitative estimate of drug-likeness (QED) is 0.428. The first-order valence-corrected chi connectivity index (χ1v) is 9.13. The molecule has 0 N–H and O–H groups in total. The molecule has 0 aliphatic rings. The van der Waals surface area contributed by atoms with Crippen LogP contribution in [-0.4, -0.2) is 6.29 Å². The second-order valence-electron chi connectivity index (χ2n) is 6.48. The molecular formula is C24H18O5. The number of carbonyl (C=O) groups is 1. The lowest BCUT2D eigenvalue weighted by molar-refractivity contribution is 0.112. The van der Waals surface area contributed by atoms with E-state index in [4.69, 9.17) is 13.9 Å². The summed E-state index contributed by atoms with van der Waals surface area (Å²) in [6.45, 7) is 0.629. The molecule has 0 saturated heterocycles. The summed E-state index contributed by atoms with van der Waals surface area (Å²) in [5.41, 5.74) is 1.78. The summed E-state index contributed by atoms with van der Waals surface area (Å²) in [6, 6.07) is 22.6. The molecule has 0 spiro atoms. The summed E-state index contributed by atoms with van der Waals surface area (Å²) >= 11 is 0. The van der Waals surface area contributed by atoms with Crippen LogP contribution in [0.2, 0.25) is 0 Å². The molecule has 0 amide bonds. The number of carbonyl (C=O) groups excluding carboxylic acids is 1. The van der Waals surface area contributed by atoms with Gasteiger partial charge in [0.15, 0.2) is 6.29 Å². The molecule has 0 aliphatic carbocycles. The SMILES string of the molecule is O=Cc1coc2cc(OCc3ccccc3)cc(OCc3ccccc3)c2c1=O. The van der Waals surface area contributed by atoms with Crippen LogP contribution in [0, 0.1) is 0 Å². The van der Waals surface area contributed by atoms with Crippen LogP contribution in [0.25, 0.3) is 11.0 Å². The molecule has 1 aromatic heterocycles. The molecular weight excluding hydrogens is 368 g/mol. The molecule has 0 unspecified atom stereocenters. The highest BCUT2D eigenvalue weighted by molar-refractivity contribution is 5.89. The van der Waals surface area contributed by atoms with Crippen molar-refractivity contribution < 1.29 is 18.7 Å². The van der Waals surface area contributed by atoms with Crippen LogP contribution in [0.3, 0.4) is 0 Å². The largest absolute Gasteiger partial charge is 0.489 e. The Hall–Kier alpha value is -3.86. The van der Waals surface area contributed by atoms with Gasteiger partial charge in [0.1, 0.15) is 41.9 Å². The predicted molar refractivity (Wildman–Crippen MR) is 109 cm³/mol. The lowest BCUT2D eigenvalue weighted by atomic mass is 10.1. The topological polar surface area (TPSA) is 65.7 Å². The lowest BCUT2D eigenvalue weighted by Gasteiger charge is -2.12. The van der Waals surface area contributed by atoms with Crippen molar-refractivity contribution in [3.63, 3.8) is 0 Å². The van der Waals surface area contributed by atoms with Gasteiger partial charge in [0.05, 0.1) is 5.56 Å². The average molecular weight is 386 g/mol. The van der Waals surface area contributed by atoms with Crippen LogP contribution in [0.1, 0.15) is 21.5 Å². The Morgan fingerprint density at radius 1 is 0.828 bits per heavy atom. The first-order chi connectivity index (χ1) is 14.2. The monoisotopic (exact) mass is 386 g/mol. The van der Waals surface area contributed by atoms with Crippen molar-refractivity contribution in [2.45, 2.75) is 13.2 Å². The smallest absolute Gasteiger partial charge is 0.206 e. The van der Waals surface area contributed by atoms with Gasteiger partial charge in [-0.05, 0) is 11.1 Å². The fourth-order valence-electron chi connectivity index (χ4n) is 2.96. The lowest BCUT2D eigenvalue weighted by Crippen LogP contribution is -2.10. The van der Waals surface area contributed by atoms with Crippen molar-refractivity contribution in [3.05, 3.63) is 106 Å². The molecule has 1 heterocycles. The van der Waals surface area contributed by atoms with Crippen LogP contribution < -0.4 is 14.9 Å². The molecule has 4 aromatic rings. The number of aldehydes is 1. The highest BCUT2D eigenvalue weighted by Gasteiger charge is 2.15. The minimum Gasteiger partial charge on any atom is -0.489 e. The Morgan fingerprint density at radius 3 is 2.07 bits per heavy atom. The minimum absolute atomic E-state index is 0.0555. The molecule has 0 saturated carbocycles. The second-order valence-corrected chi connectivity index (χ2v) is 6.48. The second kappa shape index (κ2) is 8.44. The Labute approximate surface area is 167 Å². The van der Waals surface area contributed by atoms with E-state index in [1.54, 1.807) is 12.1 Å². The molecule has 5 heteroatoms. The van der Waals surface area contributed by atoms with Crippen molar-refractivity contribution in [2.75, 3.05) is 0 Å². The molecule has 144 valence electrons. The highest BCUT2D eigenvalue weighted by Crippen LogP contribution is 2.30. The van der Waals surface area contributed by atoms with E-state index in [1.165, 1.54) is 0 Å². The maximum absolute atomic E-state index is 12.7. The molecule has 0 fully saturated rings. The summed E-state index contributed by atoms with van der Waals surface area (Å²) in [5, 5.41) is 0.220. The Morgan fingerprint density at radius 2 is 1.45 bits per heavy atom. The van der Waals surface area contributed by atoms with Gasteiger partial charge in [0.2, 0.25) is 5.43 Å². The highest BCUT2D eigenvalue weighted by atomic mass is 16.5. The fourth-order valence-corrected chi connectivity index (χ4v) is 2.96. The van der Waals surface area contributed by atoms with E-state index >= 15 is 0 Å². The fraction of sp³-hybridized carbons (Fsp3) is 0.0833. The third kappa shape index (κ3) is 4.19. The van der Waals surface area contributed by atoms with Gasteiger partial charge in [-0.1, -0.05) is 60.7 Å². The van der Waals surface area contributed by atoms with Crippen molar-refractivity contribution in [2.24, 2.45) is 0 Å². The van der Waals surface area contributed by atoms with Crippen LogP contribution in [0.4, 0.5) is 0 Å². The standard InChI is InChI=1S/C24H18O5/c25-13-19-16-29-22-12-20(27-14-17-7-3-1-4-8-17)11-21(23(22)24(19)26)28-15-18-9-5-2-6-10-18/h1-13,16H,14-15H2. The third-order valence-corrected chi connectivity index (χ3v) is 4.45.